The highest BCUT2D eigenvalue weighted by molar-refractivity contribution is 5.21. The topological polar surface area (TPSA) is 29.3 Å². The minimum Gasteiger partial charge on any atom is -0.329 e. The summed E-state index contributed by atoms with van der Waals surface area (Å²) in [7, 11) is 2.01. The first-order chi connectivity index (χ1) is 8.29. The van der Waals surface area contributed by atoms with Gasteiger partial charge in [-0.25, -0.2) is 4.39 Å². The first kappa shape index (κ1) is 15.1. The maximum absolute atomic E-state index is 13.9. The van der Waals surface area contributed by atoms with Gasteiger partial charge in [-0.3, -0.25) is 4.90 Å². The van der Waals surface area contributed by atoms with Crippen molar-refractivity contribution in [3.8, 4) is 0 Å². The van der Waals surface area contributed by atoms with E-state index in [4.69, 9.17) is 5.73 Å². The number of likely N-dealkylation sites (N-methyl/N-ethyl adjacent to an activating group) is 1. The van der Waals surface area contributed by atoms with Gasteiger partial charge >= 0.3 is 0 Å². The van der Waals surface area contributed by atoms with Crippen molar-refractivity contribution in [3.05, 3.63) is 35.6 Å². The molecule has 0 aliphatic heterocycles. The molecule has 0 aliphatic rings. The summed E-state index contributed by atoms with van der Waals surface area (Å²) in [4.78, 5) is 2.17. The van der Waals surface area contributed by atoms with Crippen LogP contribution in [0.25, 0.3) is 0 Å². The fourth-order valence-electron chi connectivity index (χ4n) is 2.14. The molecule has 2 N–H and O–H groups in total. The molecule has 2 nitrogen and oxygen atoms in total. The Bertz CT molecular complexity index is 384. The average molecular weight is 252 g/mol. The zero-order chi connectivity index (χ0) is 13.9. The minimum absolute atomic E-state index is 0.0829. The summed E-state index contributed by atoms with van der Waals surface area (Å²) >= 11 is 0. The lowest BCUT2D eigenvalue weighted by atomic mass is 9.86. The molecule has 2 atom stereocenters. The molecule has 0 aliphatic carbocycles. The lowest BCUT2D eigenvalue weighted by Crippen LogP contribution is -2.44. The maximum Gasteiger partial charge on any atom is 0.128 e. The highest BCUT2D eigenvalue weighted by atomic mass is 19.1. The van der Waals surface area contributed by atoms with E-state index in [9.17, 15) is 4.39 Å². The van der Waals surface area contributed by atoms with Gasteiger partial charge in [0, 0.05) is 24.2 Å². The van der Waals surface area contributed by atoms with Crippen LogP contribution in [-0.2, 0) is 0 Å². The summed E-state index contributed by atoms with van der Waals surface area (Å²) in [5.41, 5.74) is 6.66. The number of benzene rings is 1. The SMILES string of the molecule is CC(N(C)C(CN)c1ccccc1F)C(C)(C)C. The molecule has 0 saturated heterocycles. The van der Waals surface area contributed by atoms with E-state index < -0.39 is 0 Å². The third kappa shape index (κ3) is 3.30. The first-order valence-corrected chi connectivity index (χ1v) is 6.45. The summed E-state index contributed by atoms with van der Waals surface area (Å²) < 4.78 is 13.9. The molecule has 0 spiro atoms. The lowest BCUT2D eigenvalue weighted by Gasteiger charge is -2.40. The second kappa shape index (κ2) is 5.81. The van der Waals surface area contributed by atoms with Gasteiger partial charge in [0.15, 0.2) is 0 Å². The van der Waals surface area contributed by atoms with E-state index in [-0.39, 0.29) is 17.3 Å². The van der Waals surface area contributed by atoms with Crippen LogP contribution >= 0.6 is 0 Å². The summed E-state index contributed by atoms with van der Waals surface area (Å²) in [6.07, 6.45) is 0. The maximum atomic E-state index is 13.9. The molecule has 0 aromatic heterocycles. The van der Waals surface area contributed by atoms with Crippen LogP contribution in [0.2, 0.25) is 0 Å². The van der Waals surface area contributed by atoms with E-state index in [1.54, 1.807) is 6.07 Å². The molecule has 1 aromatic carbocycles. The van der Waals surface area contributed by atoms with Gasteiger partial charge < -0.3 is 5.73 Å². The standard InChI is InChI=1S/C15H25FN2/c1-11(15(2,3)4)18(5)14(10-17)12-8-6-7-9-13(12)16/h6-9,11,14H,10,17H2,1-5H3. The van der Waals surface area contributed by atoms with Gasteiger partial charge in [-0.05, 0) is 25.5 Å². The number of nitrogens with two attached hydrogens (primary N) is 1. The quantitative estimate of drug-likeness (QED) is 0.891. The molecule has 0 saturated carbocycles. The number of halogens is 1. The summed E-state index contributed by atoms with van der Waals surface area (Å²) in [5.74, 6) is -0.180. The van der Waals surface area contributed by atoms with E-state index in [1.807, 2.05) is 19.2 Å². The van der Waals surface area contributed by atoms with Crippen LogP contribution in [0.5, 0.6) is 0 Å². The Morgan fingerprint density at radius 1 is 1.28 bits per heavy atom. The molecule has 1 aromatic rings. The fraction of sp³-hybridized carbons (Fsp3) is 0.600. The number of hydrogen-bond acceptors (Lipinski definition) is 2. The van der Waals surface area contributed by atoms with Gasteiger partial charge in [0.2, 0.25) is 0 Å². The highest BCUT2D eigenvalue weighted by Gasteiger charge is 2.29. The summed E-state index contributed by atoms with van der Waals surface area (Å²) in [6, 6.07) is 7.11. The van der Waals surface area contributed by atoms with Crippen LogP contribution in [0.15, 0.2) is 24.3 Å². The second-order valence-corrected chi connectivity index (χ2v) is 5.98. The molecule has 0 fully saturated rings. The Kier molecular flexibility index (Phi) is 4.88. The van der Waals surface area contributed by atoms with Gasteiger partial charge in [0.05, 0.1) is 0 Å². The normalized spacial score (nSPS) is 15.8. The van der Waals surface area contributed by atoms with Crippen LogP contribution in [0.3, 0.4) is 0 Å². The van der Waals surface area contributed by atoms with Gasteiger partial charge in [0.25, 0.3) is 0 Å². The average Bonchev–Trinajstić information content (AvgIpc) is 2.30. The first-order valence-electron chi connectivity index (χ1n) is 6.45. The molecule has 0 bridgehead atoms. The molecule has 1 rings (SSSR count). The Balaban J connectivity index is 3.01. The van der Waals surface area contributed by atoms with Crippen molar-refractivity contribution in [3.63, 3.8) is 0 Å². The van der Waals surface area contributed by atoms with Crippen molar-refractivity contribution in [2.24, 2.45) is 11.1 Å². The predicted octanol–water partition coefficient (Wildman–Crippen LogP) is 3.19. The lowest BCUT2D eigenvalue weighted by molar-refractivity contribution is 0.0984. The highest BCUT2D eigenvalue weighted by Crippen LogP contribution is 2.30. The van der Waals surface area contributed by atoms with Crippen molar-refractivity contribution in [1.82, 2.24) is 4.90 Å². The van der Waals surface area contributed by atoms with Crippen molar-refractivity contribution in [1.29, 1.82) is 0 Å². The smallest absolute Gasteiger partial charge is 0.128 e. The minimum atomic E-state index is -0.180. The van der Waals surface area contributed by atoms with Crippen molar-refractivity contribution in [2.45, 2.75) is 39.8 Å². The fourth-order valence-corrected chi connectivity index (χ4v) is 2.14. The second-order valence-electron chi connectivity index (χ2n) is 5.98. The molecular weight excluding hydrogens is 227 g/mol. The van der Waals surface area contributed by atoms with Gasteiger partial charge in [-0.15, -0.1) is 0 Å². The van der Waals surface area contributed by atoms with E-state index in [1.165, 1.54) is 6.07 Å². The molecule has 0 heterocycles. The molecule has 18 heavy (non-hydrogen) atoms. The van der Waals surface area contributed by atoms with Crippen LogP contribution in [0.1, 0.15) is 39.3 Å². The third-order valence-electron chi connectivity index (χ3n) is 3.84. The Hall–Kier alpha value is -0.930. The van der Waals surface area contributed by atoms with E-state index in [2.05, 4.69) is 32.6 Å². The number of hydrogen-bond donors (Lipinski definition) is 1. The Morgan fingerprint density at radius 2 is 1.83 bits per heavy atom. The molecular formula is C15H25FN2. The van der Waals surface area contributed by atoms with Gasteiger partial charge in [-0.2, -0.15) is 0 Å². The molecule has 0 radical (unpaired) electrons. The third-order valence-corrected chi connectivity index (χ3v) is 3.84. The molecule has 3 heteroatoms. The molecule has 0 amide bonds. The van der Waals surface area contributed by atoms with Crippen molar-refractivity contribution in [2.75, 3.05) is 13.6 Å². The molecule has 2 unspecified atom stereocenters. The largest absolute Gasteiger partial charge is 0.329 e. The van der Waals surface area contributed by atoms with Gasteiger partial charge in [-0.1, -0.05) is 39.0 Å². The Labute approximate surface area is 110 Å². The Morgan fingerprint density at radius 3 is 2.28 bits per heavy atom. The predicted molar refractivity (Wildman–Crippen MR) is 74.9 cm³/mol. The zero-order valence-corrected chi connectivity index (χ0v) is 12.1. The monoisotopic (exact) mass is 252 g/mol. The van der Waals surface area contributed by atoms with Crippen molar-refractivity contribution >= 4 is 0 Å². The van der Waals surface area contributed by atoms with E-state index in [0.717, 1.165) is 0 Å². The summed E-state index contributed by atoms with van der Waals surface area (Å²) in [6.45, 7) is 9.12. The van der Waals surface area contributed by atoms with Gasteiger partial charge in [0.1, 0.15) is 5.82 Å². The molecule has 102 valence electrons. The van der Waals surface area contributed by atoms with Crippen LogP contribution in [0.4, 0.5) is 4.39 Å². The van der Waals surface area contributed by atoms with Crippen LogP contribution < -0.4 is 5.73 Å². The number of rotatable bonds is 4. The number of nitrogens with zero attached hydrogens (tertiary/aromatic N) is 1. The zero-order valence-electron chi connectivity index (χ0n) is 12.1. The van der Waals surface area contributed by atoms with E-state index >= 15 is 0 Å². The van der Waals surface area contributed by atoms with Crippen LogP contribution in [0, 0.1) is 11.2 Å². The van der Waals surface area contributed by atoms with E-state index in [0.29, 0.717) is 18.2 Å². The van der Waals surface area contributed by atoms with Crippen LogP contribution in [-0.4, -0.2) is 24.5 Å². The summed E-state index contributed by atoms with van der Waals surface area (Å²) in [5, 5.41) is 0. The van der Waals surface area contributed by atoms with Crippen molar-refractivity contribution < 1.29 is 4.39 Å².